The van der Waals surface area contributed by atoms with Gasteiger partial charge in [-0.1, -0.05) is 79.4 Å². The third-order valence-corrected chi connectivity index (χ3v) is 8.86. The summed E-state index contributed by atoms with van der Waals surface area (Å²) >= 11 is 0. The van der Waals surface area contributed by atoms with Crippen LogP contribution in [-0.4, -0.2) is 16.6 Å². The SMILES string of the molecule is C=C(/C=C\C=C1/COc2ccccc21)c1ccc2c(c1)COCc1ccc(-c3cc(-c4cccnc4)cc(-c4cccnc4)c3)cc1-2. The van der Waals surface area contributed by atoms with E-state index >= 15 is 0 Å². The summed E-state index contributed by atoms with van der Waals surface area (Å²) in [7, 11) is 0. The van der Waals surface area contributed by atoms with E-state index in [9.17, 15) is 0 Å². The second-order valence-electron chi connectivity index (χ2n) is 11.9. The molecule has 0 bridgehead atoms. The van der Waals surface area contributed by atoms with E-state index in [4.69, 9.17) is 9.47 Å². The summed E-state index contributed by atoms with van der Waals surface area (Å²) in [6.45, 7) is 6.07. The number of hydrogen-bond donors (Lipinski definition) is 0. The average Bonchev–Trinajstić information content (AvgIpc) is 3.45. The van der Waals surface area contributed by atoms with Crippen LogP contribution in [0.15, 0.2) is 153 Å². The quantitative estimate of drug-likeness (QED) is 0.177. The molecule has 4 heterocycles. The van der Waals surface area contributed by atoms with Gasteiger partial charge < -0.3 is 9.47 Å². The minimum Gasteiger partial charge on any atom is -0.488 e. The molecule has 0 amide bonds. The molecule has 2 aliphatic rings. The first-order valence-electron chi connectivity index (χ1n) is 15.8. The molecule has 0 unspecified atom stereocenters. The van der Waals surface area contributed by atoms with Crippen LogP contribution in [0.5, 0.6) is 5.75 Å². The Morgan fingerprint density at radius 2 is 1.32 bits per heavy atom. The standard InChI is InChI=1S/C43H32N2O2/c1-29(7-4-8-34-28-47-43-12-3-2-11-41(34)43)30-15-16-40-39(19-30)27-46-26-35-14-13-31(23-42(35)40)36-20-37(32-9-5-17-44-24-32)22-38(21-36)33-10-6-18-45-25-33/h2-25H,1,26-28H2/b7-4-,34-8+. The predicted molar refractivity (Wildman–Crippen MR) is 190 cm³/mol. The highest BCUT2D eigenvalue weighted by atomic mass is 16.5. The van der Waals surface area contributed by atoms with Crippen molar-refractivity contribution in [2.75, 3.05) is 6.61 Å². The number of para-hydroxylation sites is 1. The van der Waals surface area contributed by atoms with E-state index in [-0.39, 0.29) is 0 Å². The van der Waals surface area contributed by atoms with Crippen molar-refractivity contribution in [2.45, 2.75) is 13.2 Å². The zero-order chi connectivity index (χ0) is 31.6. The maximum atomic E-state index is 6.18. The van der Waals surface area contributed by atoms with Gasteiger partial charge in [-0.05, 0) is 104 Å². The van der Waals surface area contributed by atoms with E-state index in [1.807, 2.05) is 42.7 Å². The highest BCUT2D eigenvalue weighted by molar-refractivity contribution is 5.85. The molecule has 8 rings (SSSR count). The number of pyridine rings is 2. The van der Waals surface area contributed by atoms with Crippen LogP contribution in [0.25, 0.3) is 55.7 Å². The van der Waals surface area contributed by atoms with E-state index < -0.39 is 0 Å². The van der Waals surface area contributed by atoms with E-state index in [0.717, 1.165) is 61.4 Å². The predicted octanol–water partition coefficient (Wildman–Crippen LogP) is 10.2. The summed E-state index contributed by atoms with van der Waals surface area (Å²) in [6, 6.07) is 36.3. The van der Waals surface area contributed by atoms with Gasteiger partial charge in [0.05, 0.1) is 13.2 Å². The third kappa shape index (κ3) is 5.83. The lowest BCUT2D eigenvalue weighted by Crippen LogP contribution is -1.92. The fraction of sp³-hybridized carbons (Fsp3) is 0.0698. The summed E-state index contributed by atoms with van der Waals surface area (Å²) in [6.07, 6.45) is 13.7. The van der Waals surface area contributed by atoms with E-state index in [1.54, 1.807) is 12.4 Å². The van der Waals surface area contributed by atoms with Crippen LogP contribution in [0.3, 0.4) is 0 Å². The normalized spacial score (nSPS) is 14.3. The molecule has 0 spiro atoms. The number of aromatic nitrogens is 2. The van der Waals surface area contributed by atoms with Gasteiger partial charge in [0.2, 0.25) is 0 Å². The first-order chi connectivity index (χ1) is 23.2. The summed E-state index contributed by atoms with van der Waals surface area (Å²) in [5, 5.41) is 0. The molecule has 2 aromatic heterocycles. The van der Waals surface area contributed by atoms with Crippen LogP contribution >= 0.6 is 0 Å². The molecular formula is C43H32N2O2. The fourth-order valence-corrected chi connectivity index (χ4v) is 6.38. The van der Waals surface area contributed by atoms with Crippen molar-refractivity contribution in [2.24, 2.45) is 0 Å². The largest absolute Gasteiger partial charge is 0.488 e. The Kier molecular flexibility index (Phi) is 7.62. The van der Waals surface area contributed by atoms with Crippen LogP contribution in [0.2, 0.25) is 0 Å². The smallest absolute Gasteiger partial charge is 0.127 e. The molecule has 0 aliphatic carbocycles. The summed E-state index contributed by atoms with van der Waals surface area (Å²) in [5.41, 5.74) is 15.7. The highest BCUT2D eigenvalue weighted by Crippen LogP contribution is 2.39. The molecule has 0 atom stereocenters. The van der Waals surface area contributed by atoms with Crippen LogP contribution in [-0.2, 0) is 18.0 Å². The molecular weight excluding hydrogens is 576 g/mol. The molecule has 0 saturated carbocycles. The van der Waals surface area contributed by atoms with Gasteiger partial charge in [-0.15, -0.1) is 0 Å². The number of nitrogens with zero attached hydrogens (tertiary/aromatic N) is 2. The van der Waals surface area contributed by atoms with Crippen LogP contribution in [0.4, 0.5) is 0 Å². The Bertz CT molecular complexity index is 2120. The van der Waals surface area contributed by atoms with Crippen molar-refractivity contribution in [1.29, 1.82) is 0 Å². The molecule has 0 radical (unpaired) electrons. The topological polar surface area (TPSA) is 44.2 Å². The van der Waals surface area contributed by atoms with Crippen molar-refractivity contribution in [3.63, 3.8) is 0 Å². The molecule has 2 aliphatic heterocycles. The third-order valence-electron chi connectivity index (χ3n) is 8.86. The Balaban J connectivity index is 1.13. The van der Waals surface area contributed by atoms with Gasteiger partial charge in [-0.3, -0.25) is 9.97 Å². The fourth-order valence-electron chi connectivity index (χ4n) is 6.38. The summed E-state index contributed by atoms with van der Waals surface area (Å²) in [5.74, 6) is 0.940. The number of benzene rings is 4. The van der Waals surface area contributed by atoms with Gasteiger partial charge in [0.1, 0.15) is 12.4 Å². The van der Waals surface area contributed by atoms with Gasteiger partial charge >= 0.3 is 0 Å². The lowest BCUT2D eigenvalue weighted by Gasteiger charge is -2.14. The van der Waals surface area contributed by atoms with Gasteiger partial charge in [-0.25, -0.2) is 0 Å². The van der Waals surface area contributed by atoms with Gasteiger partial charge in [-0.2, -0.15) is 0 Å². The van der Waals surface area contributed by atoms with Crippen molar-refractivity contribution < 1.29 is 9.47 Å². The molecule has 226 valence electrons. The first-order valence-corrected chi connectivity index (χ1v) is 15.8. The first kappa shape index (κ1) is 28.6. The second-order valence-corrected chi connectivity index (χ2v) is 11.9. The van der Waals surface area contributed by atoms with Crippen molar-refractivity contribution >= 4 is 11.1 Å². The molecule has 4 aromatic carbocycles. The number of fused-ring (bicyclic) bond motifs is 4. The van der Waals surface area contributed by atoms with E-state index in [0.29, 0.717) is 19.8 Å². The molecule has 4 heteroatoms. The molecule has 0 N–H and O–H groups in total. The summed E-state index contributed by atoms with van der Waals surface area (Å²) < 4.78 is 12.0. The number of hydrogen-bond acceptors (Lipinski definition) is 4. The second kappa shape index (κ2) is 12.5. The monoisotopic (exact) mass is 608 g/mol. The minimum absolute atomic E-state index is 0.546. The van der Waals surface area contributed by atoms with Crippen LogP contribution in [0, 0.1) is 0 Å². The Morgan fingerprint density at radius 3 is 2.06 bits per heavy atom. The molecule has 0 fully saturated rings. The van der Waals surface area contributed by atoms with Gasteiger partial charge in [0, 0.05) is 47.1 Å². The molecule has 4 nitrogen and oxygen atoms in total. The zero-order valence-corrected chi connectivity index (χ0v) is 25.9. The maximum absolute atomic E-state index is 6.18. The van der Waals surface area contributed by atoms with Gasteiger partial charge in [0.25, 0.3) is 0 Å². The zero-order valence-electron chi connectivity index (χ0n) is 25.9. The van der Waals surface area contributed by atoms with Crippen LogP contribution < -0.4 is 4.74 Å². The highest BCUT2D eigenvalue weighted by Gasteiger charge is 2.18. The maximum Gasteiger partial charge on any atom is 0.127 e. The van der Waals surface area contributed by atoms with Crippen molar-refractivity contribution in [1.82, 2.24) is 9.97 Å². The summed E-state index contributed by atoms with van der Waals surface area (Å²) in [4.78, 5) is 8.75. The number of rotatable bonds is 6. The number of allylic oxidation sites excluding steroid dienone is 4. The average molecular weight is 609 g/mol. The lowest BCUT2D eigenvalue weighted by atomic mass is 9.89. The van der Waals surface area contributed by atoms with Crippen molar-refractivity contribution in [3.05, 3.63) is 175 Å². The minimum atomic E-state index is 0.546. The Morgan fingerprint density at radius 1 is 0.596 bits per heavy atom. The Labute approximate surface area is 275 Å². The molecule has 0 saturated heterocycles. The molecule has 47 heavy (non-hydrogen) atoms. The molecule has 6 aromatic rings. The van der Waals surface area contributed by atoms with Crippen LogP contribution in [0.1, 0.15) is 22.3 Å². The lowest BCUT2D eigenvalue weighted by molar-refractivity contribution is 0.110. The van der Waals surface area contributed by atoms with Crippen molar-refractivity contribution in [3.8, 4) is 50.3 Å². The Hall–Kier alpha value is -5.84. The van der Waals surface area contributed by atoms with E-state index in [1.165, 1.54) is 22.3 Å². The number of ether oxygens (including phenoxy) is 2. The van der Waals surface area contributed by atoms with E-state index in [2.05, 4.69) is 108 Å². The van der Waals surface area contributed by atoms with Gasteiger partial charge in [0.15, 0.2) is 0 Å².